The first-order valence-corrected chi connectivity index (χ1v) is 5.62. The number of rotatable bonds is 2. The molecule has 1 amide bonds. The van der Waals surface area contributed by atoms with Gasteiger partial charge in [0, 0.05) is 10.6 Å². The van der Waals surface area contributed by atoms with Crippen LogP contribution in [0.3, 0.4) is 0 Å². The van der Waals surface area contributed by atoms with Gasteiger partial charge in [0.15, 0.2) is 0 Å². The summed E-state index contributed by atoms with van der Waals surface area (Å²) in [5, 5.41) is 0.588. The lowest BCUT2D eigenvalue weighted by molar-refractivity contribution is 0.100. The Hall–Kier alpha value is -1.80. The number of aryl methyl sites for hydroxylation is 1. The summed E-state index contributed by atoms with van der Waals surface area (Å²) < 4.78 is 0. The standard InChI is InChI=1S/C14H12ClNO/c1-9-2-4-10(5-3-9)13-8-11(15)6-7-12(13)14(16)17/h2-8H,1H3,(H2,16,17). The molecule has 0 saturated heterocycles. The molecule has 2 N–H and O–H groups in total. The molecule has 2 aromatic carbocycles. The third-order valence-corrected chi connectivity index (χ3v) is 2.84. The molecule has 0 aromatic heterocycles. The lowest BCUT2D eigenvalue weighted by Gasteiger charge is -2.08. The van der Waals surface area contributed by atoms with E-state index < -0.39 is 5.91 Å². The topological polar surface area (TPSA) is 43.1 Å². The van der Waals surface area contributed by atoms with E-state index in [1.54, 1.807) is 18.2 Å². The second kappa shape index (κ2) is 4.60. The first-order chi connectivity index (χ1) is 8.08. The first kappa shape index (κ1) is 11.7. The molecule has 2 nitrogen and oxygen atoms in total. The van der Waals surface area contributed by atoms with E-state index in [1.807, 2.05) is 31.2 Å². The lowest BCUT2D eigenvalue weighted by atomic mass is 9.98. The summed E-state index contributed by atoms with van der Waals surface area (Å²) in [6.45, 7) is 2.01. The van der Waals surface area contributed by atoms with Crippen LogP contribution < -0.4 is 5.73 Å². The van der Waals surface area contributed by atoms with Gasteiger partial charge >= 0.3 is 0 Å². The molecule has 0 unspecified atom stereocenters. The molecule has 86 valence electrons. The number of hydrogen-bond donors (Lipinski definition) is 1. The minimum atomic E-state index is -0.447. The van der Waals surface area contributed by atoms with E-state index in [2.05, 4.69) is 0 Å². The number of carbonyl (C=O) groups excluding carboxylic acids is 1. The van der Waals surface area contributed by atoms with Crippen LogP contribution in [-0.4, -0.2) is 5.91 Å². The van der Waals surface area contributed by atoms with Crippen molar-refractivity contribution in [3.8, 4) is 11.1 Å². The van der Waals surface area contributed by atoms with Crippen LogP contribution in [0.2, 0.25) is 5.02 Å². The number of nitrogens with two attached hydrogens (primary N) is 1. The first-order valence-electron chi connectivity index (χ1n) is 5.24. The zero-order valence-electron chi connectivity index (χ0n) is 9.41. The maximum absolute atomic E-state index is 11.4. The Morgan fingerprint density at radius 1 is 1.12 bits per heavy atom. The minimum Gasteiger partial charge on any atom is -0.366 e. The van der Waals surface area contributed by atoms with Crippen LogP contribution in [0.5, 0.6) is 0 Å². The van der Waals surface area contributed by atoms with Crippen molar-refractivity contribution in [2.75, 3.05) is 0 Å². The number of amides is 1. The molecular formula is C14H12ClNO. The van der Waals surface area contributed by atoms with Gasteiger partial charge in [-0.05, 0) is 36.2 Å². The zero-order chi connectivity index (χ0) is 12.4. The summed E-state index contributed by atoms with van der Waals surface area (Å²) in [7, 11) is 0. The maximum Gasteiger partial charge on any atom is 0.249 e. The monoisotopic (exact) mass is 245 g/mol. The molecule has 0 saturated carbocycles. The van der Waals surface area contributed by atoms with Gasteiger partial charge in [0.1, 0.15) is 0 Å². The number of hydrogen-bond acceptors (Lipinski definition) is 1. The Kier molecular flexibility index (Phi) is 3.16. The smallest absolute Gasteiger partial charge is 0.249 e. The fourth-order valence-electron chi connectivity index (χ4n) is 1.70. The van der Waals surface area contributed by atoms with Crippen molar-refractivity contribution in [1.29, 1.82) is 0 Å². The van der Waals surface area contributed by atoms with Crippen molar-refractivity contribution in [3.05, 3.63) is 58.6 Å². The van der Waals surface area contributed by atoms with Crippen LogP contribution in [-0.2, 0) is 0 Å². The van der Waals surface area contributed by atoms with Crippen molar-refractivity contribution in [2.45, 2.75) is 6.92 Å². The summed E-state index contributed by atoms with van der Waals surface area (Å²) in [6, 6.07) is 13.0. The number of primary amides is 1. The summed E-state index contributed by atoms with van der Waals surface area (Å²) in [5.41, 5.74) is 8.70. The highest BCUT2D eigenvalue weighted by Gasteiger charge is 2.10. The lowest BCUT2D eigenvalue weighted by Crippen LogP contribution is -2.12. The van der Waals surface area contributed by atoms with Crippen molar-refractivity contribution in [3.63, 3.8) is 0 Å². The molecule has 2 aromatic rings. The van der Waals surface area contributed by atoms with E-state index >= 15 is 0 Å². The third kappa shape index (κ3) is 2.48. The molecule has 0 heterocycles. The summed E-state index contributed by atoms with van der Waals surface area (Å²) in [4.78, 5) is 11.4. The van der Waals surface area contributed by atoms with E-state index in [0.29, 0.717) is 10.6 Å². The van der Waals surface area contributed by atoms with Gasteiger partial charge in [-0.15, -0.1) is 0 Å². The molecule has 2 rings (SSSR count). The minimum absolute atomic E-state index is 0.447. The molecule has 0 aliphatic carbocycles. The zero-order valence-corrected chi connectivity index (χ0v) is 10.2. The van der Waals surface area contributed by atoms with Crippen molar-refractivity contribution in [1.82, 2.24) is 0 Å². The molecule has 3 heteroatoms. The molecule has 0 aliphatic rings. The molecule has 0 radical (unpaired) electrons. The van der Waals surface area contributed by atoms with Crippen molar-refractivity contribution >= 4 is 17.5 Å². The highest BCUT2D eigenvalue weighted by atomic mass is 35.5. The van der Waals surface area contributed by atoms with Crippen molar-refractivity contribution in [2.24, 2.45) is 5.73 Å². The average Bonchev–Trinajstić information content (AvgIpc) is 2.29. The van der Waals surface area contributed by atoms with Gasteiger partial charge in [-0.1, -0.05) is 41.4 Å². The summed E-state index contributed by atoms with van der Waals surface area (Å²) in [6.07, 6.45) is 0. The van der Waals surface area contributed by atoms with Crippen LogP contribution in [0.1, 0.15) is 15.9 Å². The number of carbonyl (C=O) groups is 1. The molecule has 0 fully saturated rings. The van der Waals surface area contributed by atoms with Gasteiger partial charge in [-0.25, -0.2) is 0 Å². The fourth-order valence-corrected chi connectivity index (χ4v) is 1.88. The summed E-state index contributed by atoms with van der Waals surface area (Å²) in [5.74, 6) is -0.447. The van der Waals surface area contributed by atoms with E-state index in [1.165, 1.54) is 0 Å². The molecule has 0 bridgehead atoms. The van der Waals surface area contributed by atoms with Gasteiger partial charge in [0.05, 0.1) is 0 Å². The Labute approximate surface area is 105 Å². The Morgan fingerprint density at radius 3 is 2.35 bits per heavy atom. The Bertz CT molecular complexity index is 561. The van der Waals surface area contributed by atoms with E-state index in [0.717, 1.165) is 16.7 Å². The SMILES string of the molecule is Cc1ccc(-c2cc(Cl)ccc2C(N)=O)cc1. The van der Waals surface area contributed by atoms with Gasteiger partial charge < -0.3 is 5.73 Å². The van der Waals surface area contributed by atoms with Crippen LogP contribution in [0, 0.1) is 6.92 Å². The molecule has 17 heavy (non-hydrogen) atoms. The largest absolute Gasteiger partial charge is 0.366 e. The van der Waals surface area contributed by atoms with Gasteiger partial charge in [-0.2, -0.15) is 0 Å². The fraction of sp³-hybridized carbons (Fsp3) is 0.0714. The predicted molar refractivity (Wildman–Crippen MR) is 70.1 cm³/mol. The van der Waals surface area contributed by atoms with E-state index in [-0.39, 0.29) is 0 Å². The van der Waals surface area contributed by atoms with Gasteiger partial charge in [-0.3, -0.25) is 4.79 Å². The Balaban J connectivity index is 2.60. The molecule has 0 spiro atoms. The second-order valence-electron chi connectivity index (χ2n) is 3.92. The quantitative estimate of drug-likeness (QED) is 0.866. The molecule has 0 aliphatic heterocycles. The van der Waals surface area contributed by atoms with Crippen LogP contribution in [0.25, 0.3) is 11.1 Å². The van der Waals surface area contributed by atoms with Crippen LogP contribution >= 0.6 is 11.6 Å². The third-order valence-electron chi connectivity index (χ3n) is 2.61. The maximum atomic E-state index is 11.4. The highest BCUT2D eigenvalue weighted by molar-refractivity contribution is 6.31. The molecule has 0 atom stereocenters. The van der Waals surface area contributed by atoms with Gasteiger partial charge in [0.25, 0.3) is 0 Å². The van der Waals surface area contributed by atoms with Crippen LogP contribution in [0.15, 0.2) is 42.5 Å². The average molecular weight is 246 g/mol. The molecular weight excluding hydrogens is 234 g/mol. The Morgan fingerprint density at radius 2 is 1.76 bits per heavy atom. The normalized spacial score (nSPS) is 10.2. The predicted octanol–water partition coefficient (Wildman–Crippen LogP) is 3.41. The summed E-state index contributed by atoms with van der Waals surface area (Å²) >= 11 is 5.95. The number of benzene rings is 2. The highest BCUT2D eigenvalue weighted by Crippen LogP contribution is 2.27. The van der Waals surface area contributed by atoms with E-state index in [9.17, 15) is 4.79 Å². The van der Waals surface area contributed by atoms with Crippen molar-refractivity contribution < 1.29 is 4.79 Å². The van der Waals surface area contributed by atoms with Gasteiger partial charge in [0.2, 0.25) is 5.91 Å². The number of halogens is 1. The second-order valence-corrected chi connectivity index (χ2v) is 4.36. The van der Waals surface area contributed by atoms with Crippen LogP contribution in [0.4, 0.5) is 0 Å². The van der Waals surface area contributed by atoms with E-state index in [4.69, 9.17) is 17.3 Å².